The van der Waals surface area contributed by atoms with E-state index in [4.69, 9.17) is 0 Å². The van der Waals surface area contributed by atoms with Crippen LogP contribution in [0.3, 0.4) is 0 Å². The Labute approximate surface area is 135 Å². The van der Waals surface area contributed by atoms with Crippen LogP contribution < -0.4 is 0 Å². The van der Waals surface area contributed by atoms with Crippen LogP contribution >= 0.6 is 0 Å². The number of aromatic nitrogens is 1. The Hall–Kier alpha value is -1.58. The highest BCUT2D eigenvalue weighted by molar-refractivity contribution is 5.83. The number of rotatable bonds is 1. The van der Waals surface area contributed by atoms with Crippen LogP contribution in [-0.4, -0.2) is 4.98 Å². The topological polar surface area (TPSA) is 12.9 Å². The van der Waals surface area contributed by atoms with Crippen molar-refractivity contribution in [2.75, 3.05) is 0 Å². The Balaban J connectivity index is 2.65. The van der Waals surface area contributed by atoms with E-state index >= 15 is 0 Å². The second-order valence-corrected chi connectivity index (χ2v) is 8.27. The first-order chi connectivity index (χ1) is 10.3. The van der Waals surface area contributed by atoms with Gasteiger partial charge in [0.1, 0.15) is 0 Å². The molecule has 0 saturated carbocycles. The Bertz CT molecular complexity index is 689. The summed E-state index contributed by atoms with van der Waals surface area (Å²) >= 11 is 0. The molecule has 0 aliphatic carbocycles. The van der Waals surface area contributed by atoms with E-state index in [2.05, 4.69) is 46.5 Å². The molecule has 0 bridgehead atoms. The molecule has 0 aliphatic rings. The van der Waals surface area contributed by atoms with Gasteiger partial charge in [-0.25, -0.2) is 0 Å². The summed E-state index contributed by atoms with van der Waals surface area (Å²) in [5.74, 6) is 0.133. The molecule has 1 aromatic heterocycles. The van der Waals surface area contributed by atoms with Gasteiger partial charge in [-0.05, 0) is 29.0 Å². The summed E-state index contributed by atoms with van der Waals surface area (Å²) in [5, 5.41) is 0.158. The van der Waals surface area contributed by atoms with Gasteiger partial charge in [-0.2, -0.15) is 13.2 Å². The van der Waals surface area contributed by atoms with Crippen LogP contribution in [0, 0.1) is 10.8 Å². The van der Waals surface area contributed by atoms with E-state index in [0.717, 1.165) is 11.8 Å². The number of alkyl halides is 3. The highest BCUT2D eigenvalue weighted by atomic mass is 19.4. The number of benzene rings is 1. The molecule has 0 radical (unpaired) electrons. The van der Waals surface area contributed by atoms with Crippen LogP contribution in [0.4, 0.5) is 13.2 Å². The van der Waals surface area contributed by atoms with Gasteiger partial charge in [0.15, 0.2) is 0 Å². The normalized spacial score (nSPS) is 13.8. The number of hydrogen-bond acceptors (Lipinski definition) is 1. The van der Waals surface area contributed by atoms with Crippen molar-refractivity contribution in [3.63, 3.8) is 0 Å². The minimum atomic E-state index is -4.36. The fraction of sp³-hybridized carbons (Fsp3) is 0.526. The van der Waals surface area contributed by atoms with Gasteiger partial charge in [0, 0.05) is 17.0 Å². The lowest BCUT2D eigenvalue weighted by atomic mass is 9.65. The SMILES string of the molecule is CC(C)(C)C(c1ccc2c(C(F)(F)F)cccc2n1)C(C)(C)C. The summed E-state index contributed by atoms with van der Waals surface area (Å²) in [4.78, 5) is 4.58. The number of fused-ring (bicyclic) bond motifs is 1. The highest BCUT2D eigenvalue weighted by Crippen LogP contribution is 2.47. The molecule has 2 rings (SSSR count). The summed E-state index contributed by atoms with van der Waals surface area (Å²) in [6.45, 7) is 12.8. The van der Waals surface area contributed by atoms with E-state index in [1.165, 1.54) is 6.07 Å². The molecular formula is C19H24F3N. The minimum Gasteiger partial charge on any atom is -0.252 e. The lowest BCUT2D eigenvalue weighted by Crippen LogP contribution is -2.31. The van der Waals surface area contributed by atoms with Crippen LogP contribution in [0.15, 0.2) is 30.3 Å². The molecule has 0 amide bonds. The molecule has 0 fully saturated rings. The van der Waals surface area contributed by atoms with Crippen molar-refractivity contribution < 1.29 is 13.2 Å². The zero-order valence-corrected chi connectivity index (χ0v) is 14.5. The molecule has 0 aliphatic heterocycles. The van der Waals surface area contributed by atoms with Crippen LogP contribution in [0.25, 0.3) is 10.9 Å². The van der Waals surface area contributed by atoms with Crippen molar-refractivity contribution in [3.8, 4) is 0 Å². The van der Waals surface area contributed by atoms with E-state index < -0.39 is 11.7 Å². The molecule has 0 saturated heterocycles. The molecular weight excluding hydrogens is 299 g/mol. The van der Waals surface area contributed by atoms with Crippen molar-refractivity contribution in [2.45, 2.75) is 53.6 Å². The molecule has 0 N–H and O–H groups in total. The largest absolute Gasteiger partial charge is 0.417 e. The van der Waals surface area contributed by atoms with Gasteiger partial charge >= 0.3 is 6.18 Å². The third kappa shape index (κ3) is 3.67. The molecule has 0 atom stereocenters. The third-order valence-corrected chi connectivity index (χ3v) is 4.09. The second-order valence-electron chi connectivity index (χ2n) is 8.27. The van der Waals surface area contributed by atoms with E-state index in [9.17, 15) is 13.2 Å². The lowest BCUT2D eigenvalue weighted by molar-refractivity contribution is -0.136. The van der Waals surface area contributed by atoms with Crippen molar-refractivity contribution in [3.05, 3.63) is 41.6 Å². The fourth-order valence-corrected chi connectivity index (χ4v) is 3.77. The average Bonchev–Trinajstić information content (AvgIpc) is 2.33. The number of halogens is 3. The third-order valence-electron chi connectivity index (χ3n) is 4.09. The number of hydrogen-bond donors (Lipinski definition) is 0. The number of nitrogens with zero attached hydrogens (tertiary/aromatic N) is 1. The Morgan fingerprint density at radius 2 is 1.39 bits per heavy atom. The Kier molecular flexibility index (Phi) is 4.25. The smallest absolute Gasteiger partial charge is 0.252 e. The van der Waals surface area contributed by atoms with E-state index in [-0.39, 0.29) is 22.1 Å². The fourth-order valence-electron chi connectivity index (χ4n) is 3.77. The summed E-state index contributed by atoms with van der Waals surface area (Å²) in [6.07, 6.45) is -4.36. The van der Waals surface area contributed by atoms with Crippen molar-refractivity contribution in [1.29, 1.82) is 0 Å². The first-order valence-corrected chi connectivity index (χ1v) is 7.78. The van der Waals surface area contributed by atoms with Gasteiger partial charge in [-0.3, -0.25) is 4.98 Å². The summed E-state index contributed by atoms with van der Waals surface area (Å²) in [7, 11) is 0. The maximum Gasteiger partial charge on any atom is 0.417 e. The highest BCUT2D eigenvalue weighted by Gasteiger charge is 2.38. The van der Waals surface area contributed by atoms with Gasteiger partial charge in [0.2, 0.25) is 0 Å². The Morgan fingerprint density at radius 1 is 0.826 bits per heavy atom. The van der Waals surface area contributed by atoms with Crippen LogP contribution in [0.1, 0.15) is 58.7 Å². The van der Waals surface area contributed by atoms with Gasteiger partial charge in [-0.1, -0.05) is 53.7 Å². The molecule has 0 unspecified atom stereocenters. The molecule has 23 heavy (non-hydrogen) atoms. The van der Waals surface area contributed by atoms with Crippen LogP contribution in [0.5, 0.6) is 0 Å². The summed E-state index contributed by atoms with van der Waals surface area (Å²) < 4.78 is 39.4. The second kappa shape index (κ2) is 5.50. The van der Waals surface area contributed by atoms with Gasteiger partial charge in [0.25, 0.3) is 0 Å². The lowest BCUT2D eigenvalue weighted by Gasteiger charge is -2.40. The molecule has 1 nitrogen and oxygen atoms in total. The van der Waals surface area contributed by atoms with E-state index in [0.29, 0.717) is 5.52 Å². The summed E-state index contributed by atoms with van der Waals surface area (Å²) in [5.41, 5.74) is 0.533. The molecule has 1 aromatic carbocycles. The maximum absolute atomic E-state index is 13.1. The predicted molar refractivity (Wildman–Crippen MR) is 88.4 cm³/mol. The molecule has 4 heteroatoms. The quantitative estimate of drug-likeness (QED) is 0.589. The monoisotopic (exact) mass is 323 g/mol. The van der Waals surface area contributed by atoms with Crippen molar-refractivity contribution in [2.24, 2.45) is 10.8 Å². The van der Waals surface area contributed by atoms with E-state index in [1.54, 1.807) is 18.2 Å². The van der Waals surface area contributed by atoms with Gasteiger partial charge in [0.05, 0.1) is 11.1 Å². The average molecular weight is 323 g/mol. The van der Waals surface area contributed by atoms with Crippen LogP contribution in [0.2, 0.25) is 0 Å². The van der Waals surface area contributed by atoms with Gasteiger partial charge < -0.3 is 0 Å². The van der Waals surface area contributed by atoms with Crippen molar-refractivity contribution in [1.82, 2.24) is 4.98 Å². The minimum absolute atomic E-state index is 0.0411. The molecule has 0 spiro atoms. The van der Waals surface area contributed by atoms with Crippen molar-refractivity contribution >= 4 is 10.9 Å². The zero-order valence-electron chi connectivity index (χ0n) is 14.5. The van der Waals surface area contributed by atoms with Crippen LogP contribution in [-0.2, 0) is 6.18 Å². The first kappa shape index (κ1) is 17.8. The zero-order chi connectivity index (χ0) is 17.6. The number of pyridine rings is 1. The molecule has 2 aromatic rings. The maximum atomic E-state index is 13.1. The summed E-state index contributed by atoms with van der Waals surface area (Å²) in [6, 6.07) is 7.49. The Morgan fingerprint density at radius 3 is 1.87 bits per heavy atom. The van der Waals surface area contributed by atoms with Gasteiger partial charge in [-0.15, -0.1) is 0 Å². The standard InChI is InChI=1S/C19H24F3N/c1-17(2,3)16(18(4,5)6)15-11-10-12-13(19(20,21)22)8-7-9-14(12)23-15/h7-11,16H,1-6H3. The first-order valence-electron chi connectivity index (χ1n) is 7.78. The predicted octanol–water partition coefficient (Wildman–Crippen LogP) is 6.43. The van der Waals surface area contributed by atoms with E-state index in [1.807, 2.05) is 0 Å². The molecule has 126 valence electrons. The molecule has 1 heterocycles.